The Morgan fingerprint density at radius 2 is 1.73 bits per heavy atom. The lowest BCUT2D eigenvalue weighted by molar-refractivity contribution is 1.02. The number of nitrogens with one attached hydrogen (secondary N) is 1. The van der Waals surface area contributed by atoms with Crippen LogP contribution in [0.2, 0.25) is 15.1 Å². The van der Waals surface area contributed by atoms with Crippen molar-refractivity contribution >= 4 is 34.8 Å². The highest BCUT2D eigenvalue weighted by atomic mass is 35.5. The van der Waals surface area contributed by atoms with Crippen LogP contribution in [0.25, 0.3) is 11.3 Å². The number of aromatic nitrogens is 2. The molecule has 0 atom stereocenters. The molecule has 3 aromatic rings. The Bertz CT molecular complexity index is 807. The van der Waals surface area contributed by atoms with E-state index in [2.05, 4.69) is 9.97 Å². The maximum atomic E-state index is 6.29. The van der Waals surface area contributed by atoms with Crippen molar-refractivity contribution in [3.63, 3.8) is 0 Å². The summed E-state index contributed by atoms with van der Waals surface area (Å²) in [7, 11) is 0. The van der Waals surface area contributed by atoms with E-state index in [1.54, 1.807) is 6.07 Å². The maximum absolute atomic E-state index is 6.29. The standard InChI is InChI=1S/C17H13Cl3N2/c1-10-17(13-3-2-4-14(19)16(13)20)22-15(21-10)9-11-5-7-12(18)8-6-11/h2-8H,9H2,1H3,(H,21,22). The van der Waals surface area contributed by atoms with Gasteiger partial charge in [-0.1, -0.05) is 59.1 Å². The second-order valence-corrected chi connectivity index (χ2v) is 6.28. The van der Waals surface area contributed by atoms with Gasteiger partial charge in [0.25, 0.3) is 0 Å². The van der Waals surface area contributed by atoms with Gasteiger partial charge in [-0.3, -0.25) is 0 Å². The average molecular weight is 352 g/mol. The second-order valence-electron chi connectivity index (χ2n) is 5.06. The molecule has 0 aliphatic carbocycles. The molecule has 112 valence electrons. The molecular formula is C17H13Cl3N2. The van der Waals surface area contributed by atoms with Crippen molar-refractivity contribution in [1.82, 2.24) is 9.97 Å². The first-order chi connectivity index (χ1) is 10.5. The fourth-order valence-electron chi connectivity index (χ4n) is 2.35. The van der Waals surface area contributed by atoms with E-state index in [-0.39, 0.29) is 0 Å². The third-order valence-corrected chi connectivity index (χ3v) is 4.50. The Hall–Kier alpha value is -1.48. The van der Waals surface area contributed by atoms with Gasteiger partial charge in [0, 0.05) is 22.7 Å². The molecular weight excluding hydrogens is 339 g/mol. The Balaban J connectivity index is 1.94. The summed E-state index contributed by atoms with van der Waals surface area (Å²) in [4.78, 5) is 7.98. The summed E-state index contributed by atoms with van der Waals surface area (Å²) in [5.41, 5.74) is 3.77. The summed E-state index contributed by atoms with van der Waals surface area (Å²) in [5.74, 6) is 0.880. The Kier molecular flexibility index (Phi) is 4.44. The highest BCUT2D eigenvalue weighted by Gasteiger charge is 2.14. The van der Waals surface area contributed by atoms with Gasteiger partial charge in [-0.2, -0.15) is 0 Å². The molecule has 0 amide bonds. The number of halogens is 3. The molecule has 0 fully saturated rings. The van der Waals surface area contributed by atoms with E-state index in [0.29, 0.717) is 16.5 Å². The summed E-state index contributed by atoms with van der Waals surface area (Å²) in [6.07, 6.45) is 0.705. The number of rotatable bonds is 3. The molecule has 0 radical (unpaired) electrons. The van der Waals surface area contributed by atoms with E-state index in [9.17, 15) is 0 Å². The zero-order valence-corrected chi connectivity index (χ0v) is 14.1. The number of hydrogen-bond acceptors (Lipinski definition) is 1. The molecule has 0 aliphatic rings. The SMILES string of the molecule is Cc1[nH]c(Cc2ccc(Cl)cc2)nc1-c1cccc(Cl)c1Cl. The van der Waals surface area contributed by atoms with Gasteiger partial charge in [0.1, 0.15) is 5.82 Å². The Morgan fingerprint density at radius 1 is 1.00 bits per heavy atom. The van der Waals surface area contributed by atoms with E-state index < -0.39 is 0 Å². The van der Waals surface area contributed by atoms with Crippen LogP contribution in [0.3, 0.4) is 0 Å². The molecule has 1 aromatic heterocycles. The van der Waals surface area contributed by atoms with Gasteiger partial charge < -0.3 is 4.98 Å². The topological polar surface area (TPSA) is 28.7 Å². The Morgan fingerprint density at radius 3 is 2.45 bits per heavy atom. The number of aryl methyl sites for hydroxylation is 1. The predicted molar refractivity (Wildman–Crippen MR) is 93.0 cm³/mol. The number of nitrogens with zero attached hydrogens (tertiary/aromatic N) is 1. The molecule has 1 N–H and O–H groups in total. The van der Waals surface area contributed by atoms with Crippen LogP contribution in [0.4, 0.5) is 0 Å². The van der Waals surface area contributed by atoms with Gasteiger partial charge in [-0.25, -0.2) is 4.98 Å². The Labute approximate surface area is 144 Å². The minimum absolute atomic E-state index is 0.525. The predicted octanol–water partition coefficient (Wildman–Crippen LogP) is 5.94. The summed E-state index contributed by atoms with van der Waals surface area (Å²) in [5, 5.41) is 1.78. The summed E-state index contributed by atoms with van der Waals surface area (Å²) in [6, 6.07) is 13.3. The summed E-state index contributed by atoms with van der Waals surface area (Å²) < 4.78 is 0. The van der Waals surface area contributed by atoms with Gasteiger partial charge in [-0.05, 0) is 30.7 Å². The second kappa shape index (κ2) is 6.33. The molecule has 5 heteroatoms. The van der Waals surface area contributed by atoms with E-state index >= 15 is 0 Å². The van der Waals surface area contributed by atoms with Gasteiger partial charge in [0.05, 0.1) is 15.7 Å². The molecule has 2 nitrogen and oxygen atoms in total. The summed E-state index contributed by atoms with van der Waals surface area (Å²) in [6.45, 7) is 1.98. The van der Waals surface area contributed by atoms with Crippen LogP contribution in [-0.2, 0) is 6.42 Å². The van der Waals surface area contributed by atoms with Crippen molar-refractivity contribution in [1.29, 1.82) is 0 Å². The van der Waals surface area contributed by atoms with Crippen LogP contribution in [0.15, 0.2) is 42.5 Å². The molecule has 2 aromatic carbocycles. The average Bonchev–Trinajstić information content (AvgIpc) is 2.85. The van der Waals surface area contributed by atoms with Crippen LogP contribution in [-0.4, -0.2) is 9.97 Å². The van der Waals surface area contributed by atoms with Crippen molar-refractivity contribution in [3.8, 4) is 11.3 Å². The molecule has 0 bridgehead atoms. The van der Waals surface area contributed by atoms with Crippen molar-refractivity contribution in [2.45, 2.75) is 13.3 Å². The third kappa shape index (κ3) is 3.14. The lowest BCUT2D eigenvalue weighted by atomic mass is 10.1. The van der Waals surface area contributed by atoms with Crippen molar-refractivity contribution in [2.75, 3.05) is 0 Å². The highest BCUT2D eigenvalue weighted by Crippen LogP contribution is 2.34. The lowest BCUT2D eigenvalue weighted by Crippen LogP contribution is -1.90. The van der Waals surface area contributed by atoms with Gasteiger partial charge in [0.15, 0.2) is 0 Å². The van der Waals surface area contributed by atoms with Crippen molar-refractivity contribution < 1.29 is 0 Å². The summed E-state index contributed by atoms with van der Waals surface area (Å²) >= 11 is 18.3. The normalized spacial score (nSPS) is 10.9. The zero-order valence-electron chi connectivity index (χ0n) is 11.8. The lowest BCUT2D eigenvalue weighted by Gasteiger charge is -2.03. The van der Waals surface area contributed by atoms with Crippen LogP contribution in [0.5, 0.6) is 0 Å². The number of imidazole rings is 1. The van der Waals surface area contributed by atoms with Gasteiger partial charge in [0.2, 0.25) is 0 Å². The molecule has 22 heavy (non-hydrogen) atoms. The van der Waals surface area contributed by atoms with Crippen LogP contribution < -0.4 is 0 Å². The molecule has 0 aliphatic heterocycles. The van der Waals surface area contributed by atoms with Crippen molar-refractivity contribution in [2.24, 2.45) is 0 Å². The van der Waals surface area contributed by atoms with Crippen LogP contribution >= 0.6 is 34.8 Å². The van der Waals surface area contributed by atoms with E-state index in [1.807, 2.05) is 43.3 Å². The van der Waals surface area contributed by atoms with E-state index in [4.69, 9.17) is 34.8 Å². The smallest absolute Gasteiger partial charge is 0.111 e. The first-order valence-electron chi connectivity index (χ1n) is 6.79. The highest BCUT2D eigenvalue weighted by molar-refractivity contribution is 6.43. The fraction of sp³-hybridized carbons (Fsp3) is 0.118. The number of hydrogen-bond donors (Lipinski definition) is 1. The molecule has 0 unspecified atom stereocenters. The molecule has 0 saturated heterocycles. The van der Waals surface area contributed by atoms with Gasteiger partial charge >= 0.3 is 0 Å². The third-order valence-electron chi connectivity index (χ3n) is 3.43. The molecule has 0 saturated carbocycles. The minimum atomic E-state index is 0.525. The monoisotopic (exact) mass is 350 g/mol. The van der Waals surface area contributed by atoms with Gasteiger partial charge in [-0.15, -0.1) is 0 Å². The molecule has 3 rings (SSSR count). The maximum Gasteiger partial charge on any atom is 0.111 e. The van der Waals surface area contributed by atoms with E-state index in [1.165, 1.54) is 0 Å². The zero-order chi connectivity index (χ0) is 15.7. The number of H-pyrrole nitrogens is 1. The molecule has 1 heterocycles. The minimum Gasteiger partial charge on any atom is -0.345 e. The number of benzene rings is 2. The van der Waals surface area contributed by atoms with Crippen molar-refractivity contribution in [3.05, 3.63) is 74.6 Å². The fourth-order valence-corrected chi connectivity index (χ4v) is 2.87. The first kappa shape index (κ1) is 15.4. The quantitative estimate of drug-likeness (QED) is 0.622. The van der Waals surface area contributed by atoms with Crippen LogP contribution in [0.1, 0.15) is 17.1 Å². The largest absolute Gasteiger partial charge is 0.345 e. The van der Waals surface area contributed by atoms with E-state index in [0.717, 1.165) is 33.4 Å². The first-order valence-corrected chi connectivity index (χ1v) is 7.92. The number of aromatic amines is 1. The molecule has 0 spiro atoms. The van der Waals surface area contributed by atoms with Crippen LogP contribution in [0, 0.1) is 6.92 Å².